The van der Waals surface area contributed by atoms with Crippen LogP contribution in [-0.2, 0) is 0 Å². The molecule has 0 heterocycles. The van der Waals surface area contributed by atoms with Gasteiger partial charge < -0.3 is 7.96 Å². The summed E-state index contributed by atoms with van der Waals surface area (Å²) < 4.78 is 0. The largest absolute Gasteiger partial charge is 1.00 e. The topological polar surface area (TPSA) is 37.3 Å². The number of phenolic OH excluding ortho intramolecular Hbond substituents is 1. The molecule has 0 radical (unpaired) electrons. The first kappa shape index (κ1) is 15.5. The monoisotopic (exact) mass is 202 g/mol. The summed E-state index contributed by atoms with van der Waals surface area (Å²) in [4.78, 5) is 10.6. The van der Waals surface area contributed by atoms with Crippen molar-refractivity contribution in [2.45, 2.75) is 0 Å². The number of para-hydroxylation sites is 1. The number of carbonyl (C=O) groups excluding carboxylic acids is 1. The molecule has 1 rings (SSSR count). The molecule has 0 amide bonds. The first-order valence-corrected chi connectivity index (χ1v) is 3.18. The van der Waals surface area contributed by atoms with Gasteiger partial charge in [-0.05, 0) is 12.1 Å². The minimum absolute atomic E-state index is 0. The molecule has 12 heavy (non-hydrogen) atoms. The van der Waals surface area contributed by atoms with Crippen LogP contribution in [0.25, 0.3) is 0 Å². The Kier molecular flexibility index (Phi) is 9.62. The van der Waals surface area contributed by atoms with Crippen molar-refractivity contribution < 1.29 is 71.9 Å². The van der Waals surface area contributed by atoms with Crippen molar-refractivity contribution in [3.63, 3.8) is 0 Å². The van der Waals surface area contributed by atoms with Gasteiger partial charge in [0, 0.05) is 0 Å². The molecule has 0 bridgehead atoms. The van der Waals surface area contributed by atoms with Crippen LogP contribution in [0.4, 0.5) is 0 Å². The molecule has 0 aliphatic carbocycles. The third-order valence-corrected chi connectivity index (χ3v) is 1.38. The number of thiol groups is 1. The zero-order chi connectivity index (χ0) is 7.56. The number of phenols is 1. The maximum absolute atomic E-state index is 10.6. The van der Waals surface area contributed by atoms with Gasteiger partial charge in [0.05, 0.1) is 5.56 Å². The molecule has 0 aromatic heterocycles. The number of benzene rings is 1. The van der Waals surface area contributed by atoms with E-state index in [1.54, 1.807) is 12.1 Å². The van der Waals surface area contributed by atoms with Gasteiger partial charge >= 0.3 is 59.1 Å². The predicted octanol–water partition coefficient (Wildman–Crippen LogP) is -4.30. The van der Waals surface area contributed by atoms with Gasteiger partial charge in [0.25, 0.3) is 0 Å². The summed E-state index contributed by atoms with van der Waals surface area (Å²) in [5.74, 6) is -0.0255. The Morgan fingerprint density at radius 1 is 1.33 bits per heavy atom. The van der Waals surface area contributed by atoms with E-state index in [4.69, 9.17) is 5.11 Å². The summed E-state index contributed by atoms with van der Waals surface area (Å²) in [6.07, 6.45) is 0. The molecule has 0 saturated carbocycles. The van der Waals surface area contributed by atoms with Crippen molar-refractivity contribution in [2.75, 3.05) is 0 Å². The van der Waals surface area contributed by atoms with E-state index in [9.17, 15) is 4.79 Å². The first-order chi connectivity index (χ1) is 4.72. The predicted molar refractivity (Wildman–Crippen MR) is 43.6 cm³/mol. The Morgan fingerprint density at radius 2 is 1.83 bits per heavy atom. The Labute approximate surface area is 124 Å². The van der Waals surface area contributed by atoms with Crippen molar-refractivity contribution in [1.29, 1.82) is 0 Å². The normalized spacial score (nSPS) is 7.75. The third kappa shape index (κ3) is 4.33. The van der Waals surface area contributed by atoms with E-state index in [1.807, 2.05) is 0 Å². The molecule has 0 aliphatic heterocycles. The van der Waals surface area contributed by atoms with E-state index in [1.165, 1.54) is 12.1 Å². The first-order valence-electron chi connectivity index (χ1n) is 2.73. The fourth-order valence-corrected chi connectivity index (χ4v) is 0.844. The van der Waals surface area contributed by atoms with Crippen LogP contribution in [0.15, 0.2) is 24.3 Å². The Hall–Kier alpha value is 1.04. The van der Waals surface area contributed by atoms with Crippen LogP contribution in [-0.4, -0.2) is 10.2 Å². The van der Waals surface area contributed by atoms with Crippen LogP contribution in [0, 0.1) is 0 Å². The molecule has 0 aliphatic rings. The quantitative estimate of drug-likeness (QED) is 0.357. The molecular weight excluding hydrogens is 194 g/mol. The Balaban J connectivity index is -0.000000125. The molecule has 1 N–H and O–H groups in total. The second-order valence-corrected chi connectivity index (χ2v) is 2.23. The molecule has 2 nitrogen and oxygen atoms in total. The fourth-order valence-electron chi connectivity index (χ4n) is 0.654. The van der Waals surface area contributed by atoms with E-state index in [-0.39, 0.29) is 73.3 Å². The Bertz CT molecular complexity index is 274. The molecule has 56 valence electrons. The summed E-state index contributed by atoms with van der Waals surface area (Å²) in [7, 11) is 0. The molecular formula is C7H8Na2O2S. The van der Waals surface area contributed by atoms with Gasteiger partial charge in [-0.2, -0.15) is 0 Å². The SMILES string of the molecule is O=C(S)c1ccccc1O.[H-].[H-].[Na+].[Na+]. The molecule has 1 aromatic carbocycles. The molecule has 1 aromatic rings. The van der Waals surface area contributed by atoms with Crippen LogP contribution in [0.1, 0.15) is 13.2 Å². The minimum Gasteiger partial charge on any atom is -1.00 e. The average Bonchev–Trinajstić information content (AvgIpc) is 1.88. The van der Waals surface area contributed by atoms with E-state index in [0.717, 1.165) is 0 Å². The van der Waals surface area contributed by atoms with E-state index in [2.05, 4.69) is 12.6 Å². The zero-order valence-electron chi connectivity index (χ0n) is 9.11. The molecule has 0 atom stereocenters. The average molecular weight is 202 g/mol. The van der Waals surface area contributed by atoms with Crippen molar-refractivity contribution in [3.8, 4) is 5.75 Å². The summed E-state index contributed by atoms with van der Waals surface area (Å²) in [6, 6.07) is 6.28. The molecule has 0 unspecified atom stereocenters. The van der Waals surface area contributed by atoms with Crippen LogP contribution >= 0.6 is 12.6 Å². The summed E-state index contributed by atoms with van der Waals surface area (Å²) in [5.41, 5.74) is 0.242. The number of carbonyl (C=O) groups is 1. The van der Waals surface area contributed by atoms with Gasteiger partial charge in [-0.1, -0.05) is 12.1 Å². The summed E-state index contributed by atoms with van der Waals surface area (Å²) in [5, 5.41) is 8.59. The molecule has 5 heteroatoms. The van der Waals surface area contributed by atoms with Crippen molar-refractivity contribution >= 4 is 17.7 Å². The van der Waals surface area contributed by atoms with Gasteiger partial charge in [0.15, 0.2) is 0 Å². The van der Waals surface area contributed by atoms with Crippen molar-refractivity contribution in [1.82, 2.24) is 0 Å². The number of hydrogen-bond acceptors (Lipinski definition) is 2. The number of hydrogen-bond donors (Lipinski definition) is 2. The van der Waals surface area contributed by atoms with Crippen LogP contribution in [0.3, 0.4) is 0 Å². The zero-order valence-corrected chi connectivity index (χ0v) is 12.0. The van der Waals surface area contributed by atoms with E-state index >= 15 is 0 Å². The summed E-state index contributed by atoms with van der Waals surface area (Å²) in [6.45, 7) is 0. The standard InChI is InChI=1S/C7H6O2S.2Na.2H/c8-6-4-2-1-3-5(6)7(9)10;;;;/h1-4,8H,(H,9,10);;;;/q;2*+1;2*-1. The Morgan fingerprint density at radius 3 is 2.17 bits per heavy atom. The number of rotatable bonds is 1. The second kappa shape index (κ2) is 7.44. The second-order valence-electron chi connectivity index (χ2n) is 1.82. The van der Waals surface area contributed by atoms with Gasteiger partial charge in [0.2, 0.25) is 5.12 Å². The maximum Gasteiger partial charge on any atom is 1.00 e. The van der Waals surface area contributed by atoms with Crippen molar-refractivity contribution in [2.24, 2.45) is 0 Å². The fraction of sp³-hybridized carbons (Fsp3) is 0. The maximum atomic E-state index is 10.6. The number of aromatic hydroxyl groups is 1. The molecule has 0 spiro atoms. The molecule has 0 saturated heterocycles. The van der Waals surface area contributed by atoms with Gasteiger partial charge in [0.1, 0.15) is 5.75 Å². The van der Waals surface area contributed by atoms with Crippen molar-refractivity contribution in [3.05, 3.63) is 29.8 Å². The third-order valence-electron chi connectivity index (χ3n) is 1.13. The van der Waals surface area contributed by atoms with E-state index in [0.29, 0.717) is 0 Å². The smallest absolute Gasteiger partial charge is 1.00 e. The van der Waals surface area contributed by atoms with Crippen LogP contribution in [0.5, 0.6) is 5.75 Å². The van der Waals surface area contributed by atoms with Gasteiger partial charge in [-0.15, -0.1) is 12.6 Å². The van der Waals surface area contributed by atoms with Crippen LogP contribution < -0.4 is 59.1 Å². The summed E-state index contributed by atoms with van der Waals surface area (Å²) >= 11 is 3.56. The van der Waals surface area contributed by atoms with Gasteiger partial charge in [-0.3, -0.25) is 4.79 Å². The van der Waals surface area contributed by atoms with E-state index < -0.39 is 5.12 Å². The molecule has 0 fully saturated rings. The minimum atomic E-state index is -0.418. The van der Waals surface area contributed by atoms with Crippen LogP contribution in [0.2, 0.25) is 0 Å². The van der Waals surface area contributed by atoms with Gasteiger partial charge in [-0.25, -0.2) is 0 Å².